The van der Waals surface area contributed by atoms with Gasteiger partial charge in [0, 0.05) is 18.7 Å². The first-order valence-electron chi connectivity index (χ1n) is 9.16. The van der Waals surface area contributed by atoms with Crippen LogP contribution in [0.15, 0.2) is 36.4 Å². The van der Waals surface area contributed by atoms with Crippen molar-refractivity contribution in [1.29, 1.82) is 0 Å². The number of fused-ring (bicyclic) bond motifs is 1. The minimum atomic E-state index is 0.144. The molecular formula is C20H26N4O2. The number of aliphatic hydroxyl groups excluding tert-OH is 1. The van der Waals surface area contributed by atoms with E-state index in [1.807, 2.05) is 36.4 Å². The maximum absolute atomic E-state index is 10.9. The van der Waals surface area contributed by atoms with Crippen molar-refractivity contribution in [3.05, 3.63) is 47.5 Å². The van der Waals surface area contributed by atoms with E-state index in [-0.39, 0.29) is 12.4 Å². The van der Waals surface area contributed by atoms with Gasteiger partial charge in [0.25, 0.3) is 0 Å². The molecular weight excluding hydrogens is 328 g/mol. The fraction of sp³-hybridized carbons (Fsp3) is 0.400. The predicted octanol–water partition coefficient (Wildman–Crippen LogP) is 2.89. The number of aromatic hydroxyl groups is 1. The molecule has 0 aliphatic rings. The monoisotopic (exact) mass is 354 g/mol. The largest absolute Gasteiger partial charge is 0.505 e. The summed E-state index contributed by atoms with van der Waals surface area (Å²) in [6.07, 6.45) is 1.43. The van der Waals surface area contributed by atoms with Crippen LogP contribution in [0, 0.1) is 0 Å². The Kier molecular flexibility index (Phi) is 5.85. The summed E-state index contributed by atoms with van der Waals surface area (Å²) in [7, 11) is 0. The van der Waals surface area contributed by atoms with Crippen molar-refractivity contribution in [2.24, 2.45) is 0 Å². The van der Waals surface area contributed by atoms with Crippen molar-refractivity contribution in [2.45, 2.75) is 33.2 Å². The maximum atomic E-state index is 10.9. The number of aliphatic hydroxyl groups is 1. The highest BCUT2D eigenvalue weighted by molar-refractivity contribution is 5.73. The molecule has 0 radical (unpaired) electrons. The van der Waals surface area contributed by atoms with E-state index >= 15 is 0 Å². The molecule has 3 rings (SSSR count). The van der Waals surface area contributed by atoms with Crippen LogP contribution in [0.3, 0.4) is 0 Å². The van der Waals surface area contributed by atoms with E-state index in [4.69, 9.17) is 5.11 Å². The van der Waals surface area contributed by atoms with Gasteiger partial charge in [-0.05, 0) is 49.7 Å². The number of nitrogens with zero attached hydrogens (tertiary/aromatic N) is 4. The Hall–Kier alpha value is -2.44. The predicted molar refractivity (Wildman–Crippen MR) is 103 cm³/mol. The van der Waals surface area contributed by atoms with Crippen LogP contribution in [0.2, 0.25) is 0 Å². The Morgan fingerprint density at radius 2 is 1.69 bits per heavy atom. The van der Waals surface area contributed by atoms with E-state index in [9.17, 15) is 5.11 Å². The SMILES string of the molecule is CCN(CC)Cc1cc(CCCO)cc(-n2nc3ccccc3n2)c1O. The molecule has 2 N–H and O–H groups in total. The molecule has 1 aromatic heterocycles. The van der Waals surface area contributed by atoms with Crippen LogP contribution in [0.25, 0.3) is 16.7 Å². The molecule has 6 heteroatoms. The number of rotatable bonds is 8. The second-order valence-electron chi connectivity index (χ2n) is 6.39. The summed E-state index contributed by atoms with van der Waals surface area (Å²) in [5.41, 5.74) is 4.09. The molecule has 138 valence electrons. The maximum Gasteiger partial charge on any atom is 0.147 e. The number of phenols is 1. The molecule has 0 bridgehead atoms. The molecule has 0 aliphatic carbocycles. The third-order valence-corrected chi connectivity index (χ3v) is 4.64. The van der Waals surface area contributed by atoms with Gasteiger partial charge in [0.15, 0.2) is 0 Å². The average molecular weight is 354 g/mol. The quantitative estimate of drug-likeness (QED) is 0.651. The molecule has 0 fully saturated rings. The normalized spacial score (nSPS) is 11.5. The number of aryl methyl sites for hydroxylation is 1. The molecule has 26 heavy (non-hydrogen) atoms. The molecule has 1 heterocycles. The van der Waals surface area contributed by atoms with Crippen LogP contribution < -0.4 is 0 Å². The summed E-state index contributed by atoms with van der Waals surface area (Å²) in [5, 5.41) is 29.1. The van der Waals surface area contributed by atoms with Gasteiger partial charge >= 0.3 is 0 Å². The number of hydrogen-bond donors (Lipinski definition) is 2. The van der Waals surface area contributed by atoms with E-state index in [0.29, 0.717) is 18.7 Å². The third kappa shape index (κ3) is 3.86. The molecule has 2 aromatic carbocycles. The lowest BCUT2D eigenvalue weighted by molar-refractivity contribution is 0.287. The summed E-state index contributed by atoms with van der Waals surface area (Å²) >= 11 is 0. The minimum absolute atomic E-state index is 0.144. The van der Waals surface area contributed by atoms with Gasteiger partial charge in [-0.2, -0.15) is 0 Å². The molecule has 0 unspecified atom stereocenters. The zero-order valence-corrected chi connectivity index (χ0v) is 15.4. The molecule has 3 aromatic rings. The van der Waals surface area contributed by atoms with Crippen LogP contribution in [0.1, 0.15) is 31.4 Å². The van der Waals surface area contributed by atoms with Crippen LogP contribution in [0.4, 0.5) is 0 Å². The molecule has 0 saturated carbocycles. The van der Waals surface area contributed by atoms with Gasteiger partial charge < -0.3 is 10.2 Å². The van der Waals surface area contributed by atoms with Crippen LogP contribution in [-0.4, -0.2) is 49.8 Å². The molecule has 0 amide bonds. The van der Waals surface area contributed by atoms with E-state index in [0.717, 1.165) is 41.7 Å². The Balaban J connectivity index is 2.06. The number of phenolic OH excluding ortho intramolecular Hbond substituents is 1. The average Bonchev–Trinajstić information content (AvgIpc) is 3.10. The van der Waals surface area contributed by atoms with E-state index < -0.39 is 0 Å². The summed E-state index contributed by atoms with van der Waals surface area (Å²) in [4.78, 5) is 3.76. The van der Waals surface area contributed by atoms with Gasteiger partial charge in [-0.1, -0.05) is 32.0 Å². The summed E-state index contributed by atoms with van der Waals surface area (Å²) in [6.45, 7) is 6.86. The molecule has 6 nitrogen and oxygen atoms in total. The molecule has 0 aliphatic heterocycles. The number of hydrogen-bond acceptors (Lipinski definition) is 5. The Morgan fingerprint density at radius 3 is 2.27 bits per heavy atom. The van der Waals surface area contributed by atoms with Crippen molar-refractivity contribution in [2.75, 3.05) is 19.7 Å². The lowest BCUT2D eigenvalue weighted by Gasteiger charge is -2.20. The van der Waals surface area contributed by atoms with Gasteiger partial charge in [-0.25, -0.2) is 0 Å². The van der Waals surface area contributed by atoms with Crippen molar-refractivity contribution in [3.63, 3.8) is 0 Å². The second kappa shape index (κ2) is 8.29. The molecule has 0 atom stereocenters. The summed E-state index contributed by atoms with van der Waals surface area (Å²) < 4.78 is 0. The zero-order chi connectivity index (χ0) is 18.5. The van der Waals surface area contributed by atoms with Gasteiger partial charge in [-0.3, -0.25) is 4.90 Å². The highest BCUT2D eigenvalue weighted by Crippen LogP contribution is 2.29. The van der Waals surface area contributed by atoms with Crippen molar-refractivity contribution >= 4 is 11.0 Å². The Labute approximate surface area is 153 Å². The van der Waals surface area contributed by atoms with E-state index in [1.54, 1.807) is 0 Å². The highest BCUT2D eigenvalue weighted by atomic mass is 16.3. The van der Waals surface area contributed by atoms with Gasteiger partial charge in [0.05, 0.1) is 0 Å². The topological polar surface area (TPSA) is 74.4 Å². The third-order valence-electron chi connectivity index (χ3n) is 4.64. The van der Waals surface area contributed by atoms with Crippen molar-refractivity contribution < 1.29 is 10.2 Å². The van der Waals surface area contributed by atoms with Gasteiger partial charge in [0.1, 0.15) is 22.5 Å². The summed E-state index contributed by atoms with van der Waals surface area (Å²) in [6, 6.07) is 11.6. The first kappa shape index (κ1) is 18.4. The molecule has 0 spiro atoms. The van der Waals surface area contributed by atoms with Crippen molar-refractivity contribution in [3.8, 4) is 11.4 Å². The first-order chi connectivity index (χ1) is 12.7. The smallest absolute Gasteiger partial charge is 0.147 e. The van der Waals surface area contributed by atoms with E-state index in [2.05, 4.69) is 28.9 Å². The standard InChI is InChI=1S/C20H26N4O2/c1-3-23(4-2)14-16-12-15(8-7-11-25)13-19(20(16)26)24-21-17-9-5-6-10-18(17)22-24/h5-6,9-10,12-13,25-26H,3-4,7-8,11,14H2,1-2H3. The van der Waals surface area contributed by atoms with Crippen LogP contribution >= 0.6 is 0 Å². The number of benzene rings is 2. The fourth-order valence-corrected chi connectivity index (χ4v) is 3.10. The van der Waals surface area contributed by atoms with E-state index in [1.165, 1.54) is 4.80 Å². The lowest BCUT2D eigenvalue weighted by Crippen LogP contribution is -2.22. The zero-order valence-electron chi connectivity index (χ0n) is 15.4. The highest BCUT2D eigenvalue weighted by Gasteiger charge is 2.16. The first-order valence-corrected chi connectivity index (χ1v) is 9.16. The van der Waals surface area contributed by atoms with Gasteiger partial charge in [0.2, 0.25) is 0 Å². The fourth-order valence-electron chi connectivity index (χ4n) is 3.10. The Bertz CT molecular complexity index is 838. The minimum Gasteiger partial charge on any atom is -0.505 e. The number of aromatic nitrogens is 3. The van der Waals surface area contributed by atoms with Crippen molar-refractivity contribution in [1.82, 2.24) is 19.9 Å². The second-order valence-corrected chi connectivity index (χ2v) is 6.39. The lowest BCUT2D eigenvalue weighted by atomic mass is 10.0. The van der Waals surface area contributed by atoms with Crippen LogP contribution in [0.5, 0.6) is 5.75 Å². The molecule has 0 saturated heterocycles. The summed E-state index contributed by atoms with van der Waals surface area (Å²) in [5.74, 6) is 0.213. The Morgan fingerprint density at radius 1 is 1.04 bits per heavy atom. The van der Waals surface area contributed by atoms with Gasteiger partial charge in [-0.15, -0.1) is 15.0 Å². The van der Waals surface area contributed by atoms with Crippen LogP contribution in [-0.2, 0) is 13.0 Å².